The Kier molecular flexibility index (Phi) is 4.70. The molecule has 1 aliphatic carbocycles. The van der Waals surface area contributed by atoms with E-state index in [1.54, 1.807) is 6.20 Å². The molecule has 2 aliphatic rings. The maximum absolute atomic E-state index is 11.9. The minimum atomic E-state index is 0.0117. The van der Waals surface area contributed by atoms with E-state index in [4.69, 9.17) is 0 Å². The van der Waals surface area contributed by atoms with Crippen LogP contribution in [0.1, 0.15) is 38.5 Å². The summed E-state index contributed by atoms with van der Waals surface area (Å²) in [6, 6.07) is 4.45. The maximum Gasteiger partial charge on any atom is 0.238 e. The van der Waals surface area contributed by atoms with E-state index >= 15 is 0 Å². The fraction of sp³-hybridized carbons (Fsp3) is 0.625. The van der Waals surface area contributed by atoms with Gasteiger partial charge in [0.25, 0.3) is 0 Å². The van der Waals surface area contributed by atoms with Crippen LogP contribution >= 0.6 is 0 Å². The highest BCUT2D eigenvalue weighted by Gasteiger charge is 2.16. The lowest BCUT2D eigenvalue weighted by molar-refractivity contribution is -0.115. The van der Waals surface area contributed by atoms with E-state index in [9.17, 15) is 4.79 Å². The van der Waals surface area contributed by atoms with Crippen LogP contribution in [-0.4, -0.2) is 36.6 Å². The fourth-order valence-corrected chi connectivity index (χ4v) is 3.17. The number of carbonyl (C=O) groups excluding carboxylic acids is 1. The van der Waals surface area contributed by atoms with Gasteiger partial charge in [0.05, 0.1) is 18.4 Å². The number of aromatic nitrogens is 1. The predicted octanol–water partition coefficient (Wildman–Crippen LogP) is 2.15. The molecule has 0 unspecified atom stereocenters. The zero-order valence-corrected chi connectivity index (χ0v) is 12.5. The molecule has 0 atom stereocenters. The summed E-state index contributed by atoms with van der Waals surface area (Å²) in [5.41, 5.74) is 0.774. The van der Waals surface area contributed by atoms with E-state index < -0.39 is 0 Å². The van der Waals surface area contributed by atoms with Gasteiger partial charge in [-0.1, -0.05) is 12.8 Å². The molecule has 1 saturated heterocycles. The van der Waals surface area contributed by atoms with Crippen LogP contribution in [0, 0.1) is 0 Å². The minimum Gasteiger partial charge on any atom is -0.357 e. The van der Waals surface area contributed by atoms with Crippen LogP contribution in [0.25, 0.3) is 0 Å². The maximum atomic E-state index is 11.9. The number of pyridine rings is 1. The summed E-state index contributed by atoms with van der Waals surface area (Å²) in [7, 11) is 0. The second kappa shape index (κ2) is 6.89. The number of nitrogens with one attached hydrogen (secondary N) is 2. The lowest BCUT2D eigenvalue weighted by Gasteiger charge is -2.16. The van der Waals surface area contributed by atoms with Gasteiger partial charge in [-0.25, -0.2) is 4.98 Å². The summed E-state index contributed by atoms with van der Waals surface area (Å²) in [5.74, 6) is 1.02. The molecule has 0 aromatic carbocycles. The van der Waals surface area contributed by atoms with E-state index in [1.165, 1.54) is 38.5 Å². The quantitative estimate of drug-likeness (QED) is 0.871. The lowest BCUT2D eigenvalue weighted by Crippen LogP contribution is -2.34. The summed E-state index contributed by atoms with van der Waals surface area (Å²) in [5, 5.41) is 6.22. The van der Waals surface area contributed by atoms with Crippen LogP contribution in [0.4, 0.5) is 11.5 Å². The number of hydrogen-bond acceptors (Lipinski definition) is 4. The fourth-order valence-electron chi connectivity index (χ4n) is 3.17. The van der Waals surface area contributed by atoms with Crippen molar-refractivity contribution in [2.24, 2.45) is 0 Å². The van der Waals surface area contributed by atoms with E-state index in [0.29, 0.717) is 12.6 Å². The highest BCUT2D eigenvalue weighted by molar-refractivity contribution is 5.92. The molecule has 2 fully saturated rings. The smallest absolute Gasteiger partial charge is 0.238 e. The highest BCUT2D eigenvalue weighted by Crippen LogP contribution is 2.19. The summed E-state index contributed by atoms with van der Waals surface area (Å²) in [6.07, 6.45) is 9.18. The summed E-state index contributed by atoms with van der Waals surface area (Å²) < 4.78 is 0. The van der Waals surface area contributed by atoms with Crippen molar-refractivity contribution in [2.45, 2.75) is 44.6 Å². The third-order valence-electron chi connectivity index (χ3n) is 4.37. The number of amides is 1. The molecular weight excluding hydrogens is 264 g/mol. The van der Waals surface area contributed by atoms with Gasteiger partial charge in [0, 0.05) is 19.1 Å². The molecule has 0 radical (unpaired) electrons. The molecule has 2 N–H and O–H groups in total. The van der Waals surface area contributed by atoms with Crippen molar-refractivity contribution in [3.05, 3.63) is 18.3 Å². The van der Waals surface area contributed by atoms with E-state index in [2.05, 4.69) is 20.5 Å². The Bertz CT molecular complexity index is 462. The first-order chi connectivity index (χ1) is 10.3. The standard InChI is InChI=1S/C16H24N4O/c21-16(12-17-13-5-1-2-6-13)19-14-7-8-15(18-11-14)20-9-3-4-10-20/h7-8,11,13,17H,1-6,9-10,12H2,(H,19,21). The second-order valence-corrected chi connectivity index (χ2v) is 6.01. The van der Waals surface area contributed by atoms with Crippen molar-refractivity contribution in [2.75, 3.05) is 29.9 Å². The van der Waals surface area contributed by atoms with Gasteiger partial charge in [-0.2, -0.15) is 0 Å². The number of rotatable bonds is 5. The van der Waals surface area contributed by atoms with Crippen LogP contribution in [0.5, 0.6) is 0 Å². The normalized spacial score (nSPS) is 19.1. The van der Waals surface area contributed by atoms with Crippen LogP contribution < -0.4 is 15.5 Å². The van der Waals surface area contributed by atoms with Crippen LogP contribution in [0.15, 0.2) is 18.3 Å². The first-order valence-electron chi connectivity index (χ1n) is 8.05. The molecule has 1 saturated carbocycles. The third kappa shape index (κ3) is 3.94. The van der Waals surface area contributed by atoms with Gasteiger partial charge in [-0.15, -0.1) is 0 Å². The van der Waals surface area contributed by atoms with Crippen LogP contribution in [0.3, 0.4) is 0 Å². The average molecular weight is 288 g/mol. The topological polar surface area (TPSA) is 57.3 Å². The van der Waals surface area contributed by atoms with Crippen LogP contribution in [0.2, 0.25) is 0 Å². The zero-order chi connectivity index (χ0) is 14.5. The molecule has 0 spiro atoms. The van der Waals surface area contributed by atoms with Crippen molar-refractivity contribution >= 4 is 17.4 Å². The summed E-state index contributed by atoms with van der Waals surface area (Å²) in [4.78, 5) is 18.6. The molecule has 21 heavy (non-hydrogen) atoms. The Morgan fingerprint density at radius 2 is 1.95 bits per heavy atom. The number of anilines is 2. The van der Waals surface area contributed by atoms with Crippen molar-refractivity contribution in [1.82, 2.24) is 10.3 Å². The Labute approximate surface area is 126 Å². The van der Waals surface area contributed by atoms with Crippen LogP contribution in [-0.2, 0) is 4.79 Å². The molecule has 1 aliphatic heterocycles. The van der Waals surface area contributed by atoms with Crippen molar-refractivity contribution in [3.8, 4) is 0 Å². The Hall–Kier alpha value is -1.62. The van der Waals surface area contributed by atoms with Crippen molar-refractivity contribution < 1.29 is 4.79 Å². The van der Waals surface area contributed by atoms with Crippen molar-refractivity contribution in [1.29, 1.82) is 0 Å². The Morgan fingerprint density at radius 3 is 2.62 bits per heavy atom. The molecule has 114 valence electrons. The van der Waals surface area contributed by atoms with Gasteiger partial charge in [0.15, 0.2) is 0 Å². The molecule has 0 bridgehead atoms. The highest BCUT2D eigenvalue weighted by atomic mass is 16.1. The molecule has 5 heteroatoms. The molecule has 1 amide bonds. The van der Waals surface area contributed by atoms with Gasteiger partial charge < -0.3 is 15.5 Å². The van der Waals surface area contributed by atoms with E-state index in [1.807, 2.05) is 12.1 Å². The molecule has 1 aromatic heterocycles. The number of nitrogens with zero attached hydrogens (tertiary/aromatic N) is 2. The monoisotopic (exact) mass is 288 g/mol. The van der Waals surface area contributed by atoms with Gasteiger partial charge in [0.2, 0.25) is 5.91 Å². The SMILES string of the molecule is O=C(CNC1CCCC1)Nc1ccc(N2CCCC2)nc1. The first-order valence-corrected chi connectivity index (χ1v) is 8.05. The number of hydrogen-bond donors (Lipinski definition) is 2. The van der Waals surface area contributed by atoms with Gasteiger partial charge >= 0.3 is 0 Å². The number of carbonyl (C=O) groups is 1. The Balaban J connectivity index is 1.46. The van der Waals surface area contributed by atoms with E-state index in [-0.39, 0.29) is 5.91 Å². The molecule has 5 nitrogen and oxygen atoms in total. The van der Waals surface area contributed by atoms with Crippen molar-refractivity contribution in [3.63, 3.8) is 0 Å². The predicted molar refractivity (Wildman–Crippen MR) is 84.6 cm³/mol. The minimum absolute atomic E-state index is 0.0117. The third-order valence-corrected chi connectivity index (χ3v) is 4.37. The first kappa shape index (κ1) is 14.3. The average Bonchev–Trinajstić information content (AvgIpc) is 3.19. The van der Waals surface area contributed by atoms with E-state index in [0.717, 1.165) is 24.6 Å². The summed E-state index contributed by atoms with van der Waals surface area (Å²) in [6.45, 7) is 2.56. The molecule has 2 heterocycles. The Morgan fingerprint density at radius 1 is 1.19 bits per heavy atom. The molecule has 1 aromatic rings. The second-order valence-electron chi connectivity index (χ2n) is 6.01. The summed E-state index contributed by atoms with van der Waals surface area (Å²) >= 11 is 0. The van der Waals surface area contributed by atoms with Gasteiger partial charge in [-0.3, -0.25) is 4.79 Å². The van der Waals surface area contributed by atoms with Gasteiger partial charge in [-0.05, 0) is 37.8 Å². The zero-order valence-electron chi connectivity index (χ0n) is 12.5. The lowest BCUT2D eigenvalue weighted by atomic mass is 10.2. The molecular formula is C16H24N4O. The molecule has 3 rings (SSSR count). The van der Waals surface area contributed by atoms with Gasteiger partial charge in [0.1, 0.15) is 5.82 Å². The largest absolute Gasteiger partial charge is 0.357 e.